The van der Waals surface area contributed by atoms with E-state index < -0.39 is 29.4 Å². The summed E-state index contributed by atoms with van der Waals surface area (Å²) in [4.78, 5) is 42.0. The molecule has 0 bridgehead atoms. The Hall–Kier alpha value is 0.0300. The molecule has 0 fully saturated rings. The van der Waals surface area contributed by atoms with Gasteiger partial charge in [0, 0.05) is 6.16 Å². The first-order chi connectivity index (χ1) is 7.83. The molecule has 0 spiro atoms. The summed E-state index contributed by atoms with van der Waals surface area (Å²) in [6.07, 6.45) is 0.821. The second-order valence-corrected chi connectivity index (χ2v) is 8.23. The highest BCUT2D eigenvalue weighted by molar-refractivity contribution is 7.66. The molecule has 0 rings (SSSR count). The highest BCUT2D eigenvalue weighted by atomic mass is 31.3. The van der Waals surface area contributed by atoms with Crippen molar-refractivity contribution in [2.75, 3.05) is 6.16 Å². The van der Waals surface area contributed by atoms with Crippen molar-refractivity contribution in [3.63, 3.8) is 0 Å². The van der Waals surface area contributed by atoms with Gasteiger partial charge in [0.25, 0.3) is 7.82 Å². The van der Waals surface area contributed by atoms with Gasteiger partial charge in [-0.2, -0.15) is 0 Å². The molecule has 16 heteroatoms. The van der Waals surface area contributed by atoms with Gasteiger partial charge in [0.1, 0.15) is 7.60 Å². The molecule has 0 aromatic carbocycles. The lowest BCUT2D eigenvalue weighted by Gasteiger charge is -2.38. The minimum Gasteiger partial charge on any atom is -0.790 e. The minimum atomic E-state index is -5.89. The lowest BCUT2D eigenvalue weighted by Crippen LogP contribution is -2.20. The van der Waals surface area contributed by atoms with Crippen LogP contribution in [0.25, 0.3) is 0 Å². The Labute approximate surface area is 128 Å². The Kier molecular flexibility index (Phi) is 19.0. The molecule has 22 heavy (non-hydrogen) atoms. The Morgan fingerprint density at radius 3 is 1.64 bits per heavy atom. The number of hydrogen-bond acceptors (Lipinski definition) is 9. The van der Waals surface area contributed by atoms with Crippen LogP contribution < -0.4 is 44.2 Å². The van der Waals surface area contributed by atoms with Gasteiger partial charge in [-0.05, 0) is 20.3 Å². The third-order valence-corrected chi connectivity index (χ3v) is 5.58. The average molecular weight is 392 g/mol. The van der Waals surface area contributed by atoms with Gasteiger partial charge in [-0.3, -0.25) is 13.2 Å². The molecule has 0 aliphatic rings. The van der Waals surface area contributed by atoms with Gasteiger partial charge >= 0.3 is 0 Å². The van der Waals surface area contributed by atoms with Crippen molar-refractivity contribution in [1.29, 1.82) is 0 Å². The van der Waals surface area contributed by atoms with Crippen molar-refractivity contribution < 1.29 is 41.9 Å². The molecule has 0 aliphatic heterocycles. The summed E-state index contributed by atoms with van der Waals surface area (Å²) in [5.74, 6) is 0. The topological polar surface area (TPSA) is 308 Å². The molecule has 0 heterocycles. The third-order valence-electron chi connectivity index (χ3n) is 1.38. The molecule has 140 valence electrons. The van der Waals surface area contributed by atoms with Crippen LogP contribution in [0.5, 0.6) is 0 Å². The van der Waals surface area contributed by atoms with Crippen molar-refractivity contribution in [3.8, 4) is 0 Å². The lowest BCUT2D eigenvalue weighted by molar-refractivity contribution is -0.339. The van der Waals surface area contributed by atoms with E-state index in [4.69, 9.17) is 0 Å². The molecular weight excluding hydrogens is 365 g/mol. The van der Waals surface area contributed by atoms with Crippen molar-refractivity contribution in [2.45, 2.75) is 20.3 Å². The van der Waals surface area contributed by atoms with Crippen LogP contribution in [-0.2, 0) is 22.3 Å². The van der Waals surface area contributed by atoms with Crippen molar-refractivity contribution in [1.82, 2.24) is 24.6 Å². The van der Waals surface area contributed by atoms with Gasteiger partial charge in [0.15, 0.2) is 0 Å². The van der Waals surface area contributed by atoms with Crippen LogP contribution in [-0.4, -0.2) is 6.16 Å². The van der Waals surface area contributed by atoms with Gasteiger partial charge < -0.3 is 53.3 Å². The first kappa shape index (κ1) is 33.6. The molecular formula is C6H27N4O9P3. The summed E-state index contributed by atoms with van der Waals surface area (Å²) < 4.78 is 38.5. The van der Waals surface area contributed by atoms with Crippen molar-refractivity contribution in [2.24, 2.45) is 0 Å². The third kappa shape index (κ3) is 20.0. The summed E-state index contributed by atoms with van der Waals surface area (Å²) >= 11 is 0. The van der Waals surface area contributed by atoms with Crippen LogP contribution in [0.3, 0.4) is 0 Å². The maximum Gasteiger partial charge on any atom is 0.276 e. The standard InChI is InChI=1S/C6H15O9P3.4H3N/c1-6(2)4-3-5-16(7,8)14-18(12,13)15-17(9,10)11;;;;/h4H,3,5H2,1-2H3,(H,7,8)(H,12,13)(H2,9,10,11);4*1H3. The van der Waals surface area contributed by atoms with E-state index in [1.807, 2.05) is 0 Å². The van der Waals surface area contributed by atoms with Crippen molar-refractivity contribution >= 4 is 23.2 Å². The van der Waals surface area contributed by atoms with Crippen LogP contribution in [0.15, 0.2) is 11.6 Å². The van der Waals surface area contributed by atoms with E-state index in [-0.39, 0.29) is 31.0 Å². The fourth-order valence-corrected chi connectivity index (χ4v) is 4.20. The maximum absolute atomic E-state index is 11.1. The summed E-state index contributed by atoms with van der Waals surface area (Å²) in [5, 5.41) is 0. The molecule has 0 aromatic rings. The minimum absolute atomic E-state index is 0. The summed E-state index contributed by atoms with van der Waals surface area (Å²) in [7, 11) is -16.5. The quantitative estimate of drug-likeness (QED) is 0.349. The second kappa shape index (κ2) is 12.5. The molecule has 2 atom stereocenters. The van der Waals surface area contributed by atoms with Gasteiger partial charge in [-0.25, -0.2) is 0 Å². The van der Waals surface area contributed by atoms with Crippen molar-refractivity contribution in [3.05, 3.63) is 11.6 Å². The largest absolute Gasteiger partial charge is 0.790 e. The SMILES string of the molecule is CC(C)=CCCP(=O)([O-])OP(=O)([O-])OP(=O)([O-])[O-].[NH4+].[NH4+].[NH4+].[NH4+]. The Morgan fingerprint density at radius 1 is 0.909 bits per heavy atom. The predicted molar refractivity (Wildman–Crippen MR) is 77.8 cm³/mol. The zero-order valence-electron chi connectivity index (χ0n) is 13.5. The first-order valence-corrected chi connectivity index (χ1v) is 9.17. The zero-order valence-corrected chi connectivity index (χ0v) is 16.2. The molecule has 13 nitrogen and oxygen atoms in total. The molecule has 0 aliphatic carbocycles. The molecule has 0 amide bonds. The molecule has 0 saturated carbocycles. The monoisotopic (exact) mass is 392 g/mol. The van der Waals surface area contributed by atoms with E-state index >= 15 is 0 Å². The lowest BCUT2D eigenvalue weighted by atomic mass is 10.3. The number of hydrogen-bond donors (Lipinski definition) is 4. The van der Waals surface area contributed by atoms with Gasteiger partial charge in [-0.15, -0.1) is 0 Å². The molecule has 0 radical (unpaired) electrons. The fraction of sp³-hybridized carbons (Fsp3) is 0.667. The fourth-order valence-electron chi connectivity index (χ4n) is 0.842. The van der Waals surface area contributed by atoms with Crippen LogP contribution in [0, 0.1) is 0 Å². The Bertz CT molecular complexity index is 460. The average Bonchev–Trinajstić information content (AvgIpc) is 1.93. The van der Waals surface area contributed by atoms with E-state index in [1.54, 1.807) is 13.8 Å². The highest BCUT2D eigenvalue weighted by Crippen LogP contribution is 2.60. The van der Waals surface area contributed by atoms with E-state index in [0.717, 1.165) is 5.57 Å². The van der Waals surface area contributed by atoms with Crippen LogP contribution in [0.2, 0.25) is 0 Å². The predicted octanol–water partition coefficient (Wildman–Crippen LogP) is 0.731. The number of quaternary nitrogens is 4. The van der Waals surface area contributed by atoms with Gasteiger partial charge in [0.2, 0.25) is 0 Å². The van der Waals surface area contributed by atoms with Crippen LogP contribution in [0.1, 0.15) is 20.3 Å². The zero-order chi connectivity index (χ0) is 14.6. The summed E-state index contributed by atoms with van der Waals surface area (Å²) in [6.45, 7) is 3.40. The van der Waals surface area contributed by atoms with E-state index in [9.17, 15) is 33.3 Å². The second-order valence-electron chi connectivity index (χ2n) is 3.46. The Morgan fingerprint density at radius 2 is 1.32 bits per heavy atom. The van der Waals surface area contributed by atoms with Gasteiger partial charge in [-0.1, -0.05) is 11.6 Å². The maximum atomic E-state index is 11.1. The normalized spacial score (nSPS) is 15.4. The molecule has 0 saturated heterocycles. The number of rotatable bonds is 7. The summed E-state index contributed by atoms with van der Waals surface area (Å²) in [6, 6.07) is 0. The van der Waals surface area contributed by atoms with Crippen LogP contribution in [0.4, 0.5) is 0 Å². The smallest absolute Gasteiger partial charge is 0.276 e. The van der Waals surface area contributed by atoms with E-state index in [2.05, 4.69) is 8.62 Å². The van der Waals surface area contributed by atoms with Gasteiger partial charge in [0.05, 0.1) is 7.82 Å². The van der Waals surface area contributed by atoms with E-state index in [0.29, 0.717) is 0 Å². The van der Waals surface area contributed by atoms with E-state index in [1.165, 1.54) is 6.08 Å². The molecule has 0 aromatic heterocycles. The first-order valence-electron chi connectivity index (χ1n) is 4.52. The van der Waals surface area contributed by atoms with Crippen LogP contribution >= 0.6 is 23.2 Å². The molecule has 2 unspecified atom stereocenters. The highest BCUT2D eigenvalue weighted by Gasteiger charge is 2.19. The summed E-state index contributed by atoms with van der Waals surface area (Å²) in [5.41, 5.74) is 0.806. The molecule has 16 N–H and O–H groups in total. The number of allylic oxidation sites excluding steroid dienone is 2. The Balaban J connectivity index is -0.000000241. The number of phosphoric acid groups is 2.